The van der Waals surface area contributed by atoms with E-state index in [0.717, 1.165) is 51.4 Å². The summed E-state index contributed by atoms with van der Waals surface area (Å²) in [6.07, 6.45) is 6.85. The van der Waals surface area contributed by atoms with Gasteiger partial charge in [0, 0.05) is 10.8 Å². The highest BCUT2D eigenvalue weighted by molar-refractivity contribution is 6.00. The summed E-state index contributed by atoms with van der Waals surface area (Å²) in [5.74, 6) is 0.125. The second-order valence-electron chi connectivity index (χ2n) is 9.93. The molecule has 0 spiro atoms. The molecular formula is C28H30N2O4. The molecule has 0 unspecified atom stereocenters. The molecule has 0 atom stereocenters. The molecule has 0 aliphatic heterocycles. The fourth-order valence-corrected chi connectivity index (χ4v) is 5.16. The minimum absolute atomic E-state index is 0.0706. The largest absolute Gasteiger partial charge is 0.424 e. The zero-order chi connectivity index (χ0) is 24.2. The van der Waals surface area contributed by atoms with Crippen LogP contribution in [-0.2, 0) is 9.59 Å². The summed E-state index contributed by atoms with van der Waals surface area (Å²) in [4.78, 5) is 26.0. The Morgan fingerprint density at radius 2 is 1.06 bits per heavy atom. The first-order valence-electron chi connectivity index (χ1n) is 12.2. The van der Waals surface area contributed by atoms with E-state index < -0.39 is 0 Å². The van der Waals surface area contributed by atoms with Crippen LogP contribution in [0.5, 0.6) is 11.5 Å². The minimum Gasteiger partial charge on any atom is -0.424 e. The summed E-state index contributed by atoms with van der Waals surface area (Å²) in [5, 5.41) is 20.9. The summed E-state index contributed by atoms with van der Waals surface area (Å²) >= 11 is 0. The van der Waals surface area contributed by atoms with Crippen LogP contribution in [0.25, 0.3) is 10.8 Å². The highest BCUT2D eigenvalue weighted by Crippen LogP contribution is 2.42. The third-order valence-electron chi connectivity index (χ3n) is 7.45. The maximum absolute atomic E-state index is 13.0. The Morgan fingerprint density at radius 1 is 0.706 bits per heavy atom. The first-order chi connectivity index (χ1) is 16.4. The highest BCUT2D eigenvalue weighted by Gasteiger charge is 2.31. The van der Waals surface area contributed by atoms with Crippen molar-refractivity contribution in [2.75, 3.05) is 0 Å². The van der Waals surface area contributed by atoms with Gasteiger partial charge in [0.2, 0.25) is 0 Å². The van der Waals surface area contributed by atoms with Gasteiger partial charge in [-0.25, -0.2) is 0 Å². The van der Waals surface area contributed by atoms with Gasteiger partial charge < -0.3 is 9.47 Å². The molecule has 0 bridgehead atoms. The Labute approximate surface area is 200 Å². The minimum atomic E-state index is -0.376. The highest BCUT2D eigenvalue weighted by atomic mass is 16.5. The molecule has 6 nitrogen and oxygen atoms in total. The Kier molecular flexibility index (Phi) is 7.17. The number of carbonyl (C=O) groups excluding carboxylic acids is 2. The van der Waals surface area contributed by atoms with E-state index in [-0.39, 0.29) is 46.4 Å². The average molecular weight is 459 g/mol. The smallest absolute Gasteiger partial charge is 0.314 e. The van der Waals surface area contributed by atoms with E-state index in [9.17, 15) is 20.1 Å². The number of benzene rings is 2. The molecule has 0 heterocycles. The molecule has 2 aliphatic carbocycles. The van der Waals surface area contributed by atoms with Crippen LogP contribution in [0, 0.1) is 46.3 Å². The van der Waals surface area contributed by atoms with Gasteiger partial charge in [0.15, 0.2) is 11.5 Å². The fraction of sp³-hybridized carbons (Fsp3) is 0.500. The van der Waals surface area contributed by atoms with Crippen LogP contribution in [0.3, 0.4) is 0 Å². The van der Waals surface area contributed by atoms with E-state index in [1.54, 1.807) is 24.3 Å². The van der Waals surface area contributed by atoms with Crippen LogP contribution in [-0.4, -0.2) is 11.9 Å². The van der Waals surface area contributed by atoms with Crippen molar-refractivity contribution >= 4 is 22.7 Å². The molecule has 2 aliphatic rings. The first-order valence-corrected chi connectivity index (χ1v) is 12.2. The summed E-state index contributed by atoms with van der Waals surface area (Å²) in [7, 11) is 0. The number of ether oxygens (including phenoxy) is 2. The van der Waals surface area contributed by atoms with Crippen LogP contribution in [0.1, 0.15) is 76.3 Å². The van der Waals surface area contributed by atoms with Gasteiger partial charge >= 0.3 is 11.9 Å². The molecule has 0 radical (unpaired) electrons. The average Bonchev–Trinajstić information content (AvgIpc) is 2.85. The van der Waals surface area contributed by atoms with Gasteiger partial charge in [0.1, 0.15) is 23.3 Å². The fourth-order valence-electron chi connectivity index (χ4n) is 5.16. The van der Waals surface area contributed by atoms with Crippen molar-refractivity contribution < 1.29 is 19.1 Å². The Morgan fingerprint density at radius 3 is 1.38 bits per heavy atom. The molecule has 0 saturated heterocycles. The predicted octanol–water partition coefficient (Wildman–Crippen LogP) is 6.05. The second-order valence-corrected chi connectivity index (χ2v) is 9.93. The maximum Gasteiger partial charge on any atom is 0.314 e. The summed E-state index contributed by atoms with van der Waals surface area (Å²) in [6.45, 7) is 4.35. The normalized spacial score (nSPS) is 24.6. The SMILES string of the molecule is CC1CCC(C(=O)Oc2c(C#N)c(C#N)c(OC(=O)C3CCC(C)CC3)c3ccccc23)CC1. The van der Waals surface area contributed by atoms with Crippen molar-refractivity contribution in [3.8, 4) is 23.6 Å². The van der Waals surface area contributed by atoms with Crippen molar-refractivity contribution in [3.05, 3.63) is 35.4 Å². The number of fused-ring (bicyclic) bond motifs is 1. The molecule has 2 saturated carbocycles. The molecule has 0 amide bonds. The number of carbonyl (C=O) groups is 2. The number of nitrogens with zero attached hydrogens (tertiary/aromatic N) is 2. The first kappa shape index (κ1) is 23.8. The van der Waals surface area contributed by atoms with E-state index in [1.165, 1.54) is 0 Å². The molecule has 4 rings (SSSR count). The summed E-state index contributed by atoms with van der Waals surface area (Å²) < 4.78 is 11.6. The molecule has 34 heavy (non-hydrogen) atoms. The van der Waals surface area contributed by atoms with Gasteiger partial charge in [-0.2, -0.15) is 10.5 Å². The molecule has 0 N–H and O–H groups in total. The quantitative estimate of drug-likeness (QED) is 0.409. The lowest BCUT2D eigenvalue weighted by Gasteiger charge is -2.26. The van der Waals surface area contributed by atoms with Gasteiger partial charge in [0.25, 0.3) is 0 Å². The van der Waals surface area contributed by atoms with Gasteiger partial charge in [0.05, 0.1) is 11.8 Å². The standard InChI is InChI=1S/C28H30N2O4/c1-17-7-11-19(12-8-17)27(31)33-25-21-5-3-4-6-22(21)26(24(16-30)23(25)15-29)34-28(32)20-13-9-18(2)10-14-20/h3-6,17-20H,7-14H2,1-2H3. The third kappa shape index (κ3) is 4.77. The zero-order valence-electron chi connectivity index (χ0n) is 19.8. The molecule has 6 heteroatoms. The van der Waals surface area contributed by atoms with E-state index in [1.807, 2.05) is 12.1 Å². The lowest BCUT2D eigenvalue weighted by molar-refractivity contribution is -0.141. The van der Waals surface area contributed by atoms with Gasteiger partial charge in [-0.3, -0.25) is 9.59 Å². The summed E-state index contributed by atoms with van der Waals surface area (Å²) in [5.41, 5.74) is -0.141. The number of hydrogen-bond acceptors (Lipinski definition) is 6. The van der Waals surface area contributed by atoms with Crippen molar-refractivity contribution in [3.63, 3.8) is 0 Å². The van der Waals surface area contributed by atoms with Crippen molar-refractivity contribution in [2.45, 2.75) is 65.2 Å². The van der Waals surface area contributed by atoms with Crippen molar-refractivity contribution in [1.29, 1.82) is 10.5 Å². The van der Waals surface area contributed by atoms with Crippen LogP contribution < -0.4 is 9.47 Å². The van der Waals surface area contributed by atoms with Crippen LogP contribution in [0.2, 0.25) is 0 Å². The molecule has 2 aromatic rings. The van der Waals surface area contributed by atoms with Crippen LogP contribution in [0.15, 0.2) is 24.3 Å². The molecule has 176 valence electrons. The lowest BCUT2D eigenvalue weighted by Crippen LogP contribution is -2.26. The second kappa shape index (κ2) is 10.3. The van der Waals surface area contributed by atoms with Gasteiger partial charge in [-0.15, -0.1) is 0 Å². The Hall–Kier alpha value is -3.38. The Bertz CT molecular complexity index is 1080. The van der Waals surface area contributed by atoms with Crippen molar-refractivity contribution in [2.24, 2.45) is 23.7 Å². The van der Waals surface area contributed by atoms with E-state index in [2.05, 4.69) is 13.8 Å². The maximum atomic E-state index is 13.0. The summed E-state index contributed by atoms with van der Waals surface area (Å²) in [6, 6.07) is 11.0. The number of rotatable bonds is 4. The van der Waals surface area contributed by atoms with Gasteiger partial charge in [-0.05, 0) is 63.2 Å². The zero-order valence-corrected chi connectivity index (χ0v) is 19.8. The monoisotopic (exact) mass is 458 g/mol. The van der Waals surface area contributed by atoms with Crippen LogP contribution >= 0.6 is 0 Å². The third-order valence-corrected chi connectivity index (χ3v) is 7.45. The molecular weight excluding hydrogens is 428 g/mol. The predicted molar refractivity (Wildman–Crippen MR) is 127 cm³/mol. The van der Waals surface area contributed by atoms with Gasteiger partial charge in [-0.1, -0.05) is 38.1 Å². The molecule has 0 aromatic heterocycles. The number of nitriles is 2. The van der Waals surface area contributed by atoms with Crippen molar-refractivity contribution in [1.82, 2.24) is 0 Å². The van der Waals surface area contributed by atoms with E-state index in [0.29, 0.717) is 22.6 Å². The Balaban J connectivity index is 1.71. The number of hydrogen-bond donors (Lipinski definition) is 0. The number of esters is 2. The lowest BCUT2D eigenvalue weighted by atomic mass is 9.83. The molecule has 2 fully saturated rings. The molecule has 2 aromatic carbocycles. The van der Waals surface area contributed by atoms with E-state index >= 15 is 0 Å². The van der Waals surface area contributed by atoms with Crippen LogP contribution in [0.4, 0.5) is 0 Å². The van der Waals surface area contributed by atoms with E-state index in [4.69, 9.17) is 9.47 Å². The topological polar surface area (TPSA) is 100 Å².